The lowest BCUT2D eigenvalue weighted by Gasteiger charge is -2.33. The second kappa shape index (κ2) is 8.53. The first-order valence-electron chi connectivity index (χ1n) is 6.27. The van der Waals surface area contributed by atoms with E-state index in [9.17, 15) is 5.11 Å². The number of ether oxygens (including phenoxy) is 1. The topological polar surface area (TPSA) is 41.5 Å². The number of likely N-dealkylation sites (N-methyl/N-ethyl adjacent to an activating group) is 1. The van der Waals surface area contributed by atoms with Gasteiger partial charge in [-0.2, -0.15) is 11.8 Å². The molecule has 0 heterocycles. The molecule has 1 atom stereocenters. The second-order valence-corrected chi connectivity index (χ2v) is 5.29. The van der Waals surface area contributed by atoms with E-state index in [1.54, 1.807) is 18.9 Å². The van der Waals surface area contributed by atoms with Gasteiger partial charge in [-0.25, -0.2) is 0 Å². The van der Waals surface area contributed by atoms with Crippen molar-refractivity contribution in [2.45, 2.75) is 12.5 Å². The van der Waals surface area contributed by atoms with Gasteiger partial charge in [-0.05, 0) is 12.1 Å². The summed E-state index contributed by atoms with van der Waals surface area (Å²) in [6.07, 6.45) is 0. The zero-order chi connectivity index (χ0) is 13.3. The first-order chi connectivity index (χ1) is 8.79. The molecular weight excluding hydrogens is 246 g/mol. The maximum atomic E-state index is 9.81. The molecule has 1 aromatic carbocycles. The third-order valence-electron chi connectivity index (χ3n) is 2.89. The molecule has 0 aliphatic rings. The molecule has 3 nitrogen and oxygen atoms in total. The molecule has 2 N–H and O–H groups in total. The Bertz CT molecular complexity index is 321. The predicted octanol–water partition coefficient (Wildman–Crippen LogP) is 1.86. The fraction of sp³-hybridized carbons (Fsp3) is 0.571. The largest absolute Gasteiger partial charge is 0.394 e. The molecule has 0 aliphatic heterocycles. The van der Waals surface area contributed by atoms with Crippen molar-refractivity contribution in [1.29, 1.82) is 0 Å². The van der Waals surface area contributed by atoms with Crippen LogP contribution >= 0.6 is 11.8 Å². The third kappa shape index (κ3) is 4.28. The van der Waals surface area contributed by atoms with Crippen molar-refractivity contribution in [3.05, 3.63) is 35.9 Å². The molecule has 0 bridgehead atoms. The van der Waals surface area contributed by atoms with E-state index < -0.39 is 0 Å². The molecule has 0 aliphatic carbocycles. The number of nitrogens with one attached hydrogen (secondary N) is 1. The van der Waals surface area contributed by atoms with Crippen LogP contribution in [0.1, 0.15) is 12.5 Å². The van der Waals surface area contributed by atoms with Crippen LogP contribution in [0.3, 0.4) is 0 Å². The lowest BCUT2D eigenvalue weighted by atomic mass is 9.92. The maximum absolute atomic E-state index is 9.81. The highest BCUT2D eigenvalue weighted by Crippen LogP contribution is 2.25. The second-order valence-electron chi connectivity index (χ2n) is 4.18. The van der Waals surface area contributed by atoms with Crippen molar-refractivity contribution in [3.8, 4) is 0 Å². The minimum atomic E-state index is -0.353. The monoisotopic (exact) mass is 269 g/mol. The SMILES string of the molecule is CCNC(CO)(CSCCOC)c1ccccc1. The van der Waals surface area contributed by atoms with Crippen molar-refractivity contribution in [3.63, 3.8) is 0 Å². The van der Waals surface area contributed by atoms with Crippen LogP contribution in [0.25, 0.3) is 0 Å². The summed E-state index contributed by atoms with van der Waals surface area (Å²) in [4.78, 5) is 0. The number of rotatable bonds is 9. The highest BCUT2D eigenvalue weighted by Gasteiger charge is 2.30. The molecule has 4 heteroatoms. The number of benzene rings is 1. The average molecular weight is 269 g/mol. The van der Waals surface area contributed by atoms with E-state index in [0.29, 0.717) is 0 Å². The summed E-state index contributed by atoms with van der Waals surface area (Å²) in [6, 6.07) is 10.1. The minimum Gasteiger partial charge on any atom is -0.394 e. The summed E-state index contributed by atoms with van der Waals surface area (Å²) in [7, 11) is 1.71. The highest BCUT2D eigenvalue weighted by atomic mass is 32.2. The molecule has 0 amide bonds. The van der Waals surface area contributed by atoms with Crippen LogP contribution in [-0.2, 0) is 10.3 Å². The summed E-state index contributed by atoms with van der Waals surface area (Å²) in [5, 5.41) is 13.2. The summed E-state index contributed by atoms with van der Waals surface area (Å²) in [5.74, 6) is 1.78. The van der Waals surface area contributed by atoms with Crippen molar-refractivity contribution in [2.75, 3.05) is 38.4 Å². The zero-order valence-corrected chi connectivity index (χ0v) is 12.0. The van der Waals surface area contributed by atoms with E-state index in [1.165, 1.54) is 0 Å². The van der Waals surface area contributed by atoms with Crippen LogP contribution in [-0.4, -0.2) is 43.5 Å². The van der Waals surface area contributed by atoms with Crippen LogP contribution < -0.4 is 5.32 Å². The molecule has 18 heavy (non-hydrogen) atoms. The standard InChI is InChI=1S/C14H23NO2S/c1-3-15-14(11-16,12-18-10-9-17-2)13-7-5-4-6-8-13/h4-8,15-16H,3,9-12H2,1-2H3. The van der Waals surface area contributed by atoms with Crippen LogP contribution in [0.15, 0.2) is 30.3 Å². The fourth-order valence-corrected chi connectivity index (χ4v) is 3.05. The summed E-state index contributed by atoms with van der Waals surface area (Å²) >= 11 is 1.80. The van der Waals surface area contributed by atoms with Crippen molar-refractivity contribution in [1.82, 2.24) is 5.32 Å². The molecule has 0 radical (unpaired) electrons. The number of hydrogen-bond acceptors (Lipinski definition) is 4. The van der Waals surface area contributed by atoms with Gasteiger partial charge in [0.1, 0.15) is 0 Å². The molecule has 0 spiro atoms. The van der Waals surface area contributed by atoms with Gasteiger partial charge in [0, 0.05) is 18.6 Å². The highest BCUT2D eigenvalue weighted by molar-refractivity contribution is 7.99. The normalized spacial score (nSPS) is 14.4. The summed E-state index contributed by atoms with van der Waals surface area (Å²) in [6.45, 7) is 3.74. The smallest absolute Gasteiger partial charge is 0.0760 e. The number of methoxy groups -OCH3 is 1. The summed E-state index contributed by atoms with van der Waals surface area (Å²) in [5.41, 5.74) is 0.785. The van der Waals surface area contributed by atoms with Crippen molar-refractivity contribution in [2.24, 2.45) is 0 Å². The Labute approximate surface area is 114 Å². The van der Waals surface area contributed by atoms with Gasteiger partial charge < -0.3 is 15.2 Å². The van der Waals surface area contributed by atoms with Gasteiger partial charge in [0.05, 0.1) is 18.8 Å². The lowest BCUT2D eigenvalue weighted by Crippen LogP contribution is -2.48. The first kappa shape index (κ1) is 15.5. The molecular formula is C14H23NO2S. The van der Waals surface area contributed by atoms with Gasteiger partial charge in [0.2, 0.25) is 0 Å². The van der Waals surface area contributed by atoms with Crippen LogP contribution in [0.2, 0.25) is 0 Å². The van der Waals surface area contributed by atoms with Crippen molar-refractivity contribution < 1.29 is 9.84 Å². The van der Waals surface area contributed by atoms with E-state index in [0.717, 1.165) is 30.2 Å². The average Bonchev–Trinajstić information content (AvgIpc) is 2.43. The number of thioether (sulfide) groups is 1. The maximum Gasteiger partial charge on any atom is 0.0760 e. The van der Waals surface area contributed by atoms with Gasteiger partial charge in [-0.15, -0.1) is 0 Å². The predicted molar refractivity (Wildman–Crippen MR) is 78.1 cm³/mol. The Morgan fingerprint density at radius 3 is 2.61 bits per heavy atom. The Morgan fingerprint density at radius 2 is 2.06 bits per heavy atom. The minimum absolute atomic E-state index is 0.102. The molecule has 1 rings (SSSR count). The molecule has 0 fully saturated rings. The molecule has 102 valence electrons. The third-order valence-corrected chi connectivity index (χ3v) is 4.04. The van der Waals surface area contributed by atoms with Crippen LogP contribution in [0.5, 0.6) is 0 Å². The van der Waals surface area contributed by atoms with Gasteiger partial charge in [-0.3, -0.25) is 0 Å². The Kier molecular flexibility index (Phi) is 7.35. The number of hydrogen-bond donors (Lipinski definition) is 2. The molecule has 0 saturated carbocycles. The fourth-order valence-electron chi connectivity index (χ4n) is 1.91. The van der Waals surface area contributed by atoms with Crippen LogP contribution in [0.4, 0.5) is 0 Å². The van der Waals surface area contributed by atoms with Gasteiger partial charge >= 0.3 is 0 Å². The number of aliphatic hydroxyl groups excluding tert-OH is 1. The molecule has 0 saturated heterocycles. The van der Waals surface area contributed by atoms with Gasteiger partial charge in [-0.1, -0.05) is 37.3 Å². The zero-order valence-electron chi connectivity index (χ0n) is 11.2. The van der Waals surface area contributed by atoms with E-state index >= 15 is 0 Å². The van der Waals surface area contributed by atoms with E-state index in [-0.39, 0.29) is 12.1 Å². The number of aliphatic hydroxyl groups is 1. The Morgan fingerprint density at radius 1 is 1.33 bits per heavy atom. The quantitative estimate of drug-likeness (QED) is 0.672. The van der Waals surface area contributed by atoms with E-state index in [2.05, 4.69) is 24.4 Å². The van der Waals surface area contributed by atoms with Gasteiger partial charge in [0.25, 0.3) is 0 Å². The summed E-state index contributed by atoms with van der Waals surface area (Å²) < 4.78 is 5.05. The van der Waals surface area contributed by atoms with Gasteiger partial charge in [0.15, 0.2) is 0 Å². The van der Waals surface area contributed by atoms with E-state index in [4.69, 9.17) is 4.74 Å². The Balaban J connectivity index is 2.74. The lowest BCUT2D eigenvalue weighted by molar-refractivity contribution is 0.180. The van der Waals surface area contributed by atoms with E-state index in [1.807, 2.05) is 18.2 Å². The first-order valence-corrected chi connectivity index (χ1v) is 7.42. The molecule has 1 aromatic rings. The van der Waals surface area contributed by atoms with Crippen LogP contribution in [0, 0.1) is 0 Å². The molecule has 1 unspecified atom stereocenters. The Hall–Kier alpha value is -0.550. The van der Waals surface area contributed by atoms with Crippen molar-refractivity contribution >= 4 is 11.8 Å². The molecule has 0 aromatic heterocycles.